The number of benzene rings is 1. The van der Waals surface area contributed by atoms with E-state index in [-0.39, 0.29) is 0 Å². The fourth-order valence-electron chi connectivity index (χ4n) is 1.30. The van der Waals surface area contributed by atoms with Crippen LogP contribution >= 0.6 is 0 Å². The fourth-order valence-corrected chi connectivity index (χ4v) is 1.30. The van der Waals surface area contributed by atoms with Gasteiger partial charge in [-0.05, 0) is 12.1 Å². The number of ether oxygens (including phenoxy) is 2. The van der Waals surface area contributed by atoms with E-state index in [4.69, 9.17) is 14.7 Å². The highest BCUT2D eigenvalue weighted by Gasteiger charge is 2.10. The van der Waals surface area contributed by atoms with Crippen molar-refractivity contribution in [1.82, 2.24) is 0 Å². The lowest BCUT2D eigenvalue weighted by Gasteiger charge is -2.11. The molecule has 94 valence electrons. The van der Waals surface area contributed by atoms with Gasteiger partial charge in [-0.15, -0.1) is 0 Å². The van der Waals surface area contributed by atoms with Crippen LogP contribution < -0.4 is 9.47 Å². The van der Waals surface area contributed by atoms with Gasteiger partial charge in [0.15, 0.2) is 6.10 Å². The molecule has 0 radical (unpaired) electrons. The Morgan fingerprint density at radius 1 is 1.17 bits per heavy atom. The van der Waals surface area contributed by atoms with Crippen molar-refractivity contribution >= 4 is 0 Å². The molecule has 0 heterocycles. The van der Waals surface area contributed by atoms with Gasteiger partial charge in [-0.2, -0.15) is 5.26 Å². The number of nitrogens with zero attached hydrogens (tertiary/aromatic N) is 1. The van der Waals surface area contributed by atoms with Gasteiger partial charge in [-0.3, -0.25) is 0 Å². The van der Waals surface area contributed by atoms with Crippen LogP contribution in [0.3, 0.4) is 0 Å². The van der Waals surface area contributed by atoms with Crippen molar-refractivity contribution in [2.75, 3.05) is 13.2 Å². The van der Waals surface area contributed by atoms with Crippen LogP contribution in [-0.4, -0.2) is 18.3 Å². The smallest absolute Gasteiger partial charge is 0.166 e. The van der Waals surface area contributed by atoms with Gasteiger partial charge in [0.1, 0.15) is 24.7 Å². The quantitative estimate of drug-likeness (QED) is 0.591. The average Bonchev–Trinajstić information content (AvgIpc) is 2.41. The number of rotatable bonds is 7. The van der Waals surface area contributed by atoms with Crippen LogP contribution in [0.2, 0.25) is 0 Å². The van der Waals surface area contributed by atoms with Crippen molar-refractivity contribution in [3.63, 3.8) is 0 Å². The molecule has 18 heavy (non-hydrogen) atoms. The maximum atomic E-state index is 9.52. The Morgan fingerprint density at radius 2 is 1.67 bits per heavy atom. The average molecular weight is 245 g/mol. The summed E-state index contributed by atoms with van der Waals surface area (Å²) >= 11 is 0. The van der Waals surface area contributed by atoms with Crippen LogP contribution in [0.1, 0.15) is 11.7 Å². The summed E-state index contributed by atoms with van der Waals surface area (Å²) in [6, 6.07) is 6.62. The molecule has 0 amide bonds. The lowest BCUT2D eigenvalue weighted by Crippen LogP contribution is -2.00. The third-order valence-electron chi connectivity index (χ3n) is 2.08. The van der Waals surface area contributed by atoms with E-state index in [0.717, 1.165) is 0 Å². The second kappa shape index (κ2) is 7.15. The minimum atomic E-state index is -1.21. The zero-order valence-electron chi connectivity index (χ0n) is 10.0. The van der Waals surface area contributed by atoms with Gasteiger partial charge in [0.05, 0.1) is 6.07 Å². The van der Waals surface area contributed by atoms with Crippen molar-refractivity contribution < 1.29 is 14.6 Å². The normalized spacial score (nSPS) is 11.1. The number of hydrogen-bond acceptors (Lipinski definition) is 4. The zero-order valence-corrected chi connectivity index (χ0v) is 10.0. The Hall–Kier alpha value is -2.25. The predicted octanol–water partition coefficient (Wildman–Crippen LogP) is 2.37. The molecule has 4 nitrogen and oxygen atoms in total. The Kier molecular flexibility index (Phi) is 5.49. The van der Waals surface area contributed by atoms with Gasteiger partial charge in [0, 0.05) is 11.6 Å². The van der Waals surface area contributed by atoms with Crippen LogP contribution in [-0.2, 0) is 0 Å². The first kappa shape index (κ1) is 13.8. The molecule has 0 aliphatic rings. The molecule has 1 N–H and O–H groups in total. The van der Waals surface area contributed by atoms with Crippen LogP contribution in [0, 0.1) is 11.3 Å². The second-order valence-electron chi connectivity index (χ2n) is 3.47. The molecule has 0 spiro atoms. The summed E-state index contributed by atoms with van der Waals surface area (Å²) in [4.78, 5) is 0. The van der Waals surface area contributed by atoms with E-state index < -0.39 is 6.10 Å². The van der Waals surface area contributed by atoms with Crippen molar-refractivity contribution in [2.24, 2.45) is 0 Å². The first-order valence-corrected chi connectivity index (χ1v) is 5.41. The standard InChI is InChI=1S/C14H15NO3/c1-3-5-17-12-7-11(14(16)10-15)8-13(9-12)18-6-4-2/h3-4,7-9,14,16H,1-2,5-6H2/t14-/m0/s1. The minimum absolute atomic E-state index is 0.340. The number of nitriles is 1. The molecule has 0 aromatic heterocycles. The van der Waals surface area contributed by atoms with E-state index in [1.807, 2.05) is 0 Å². The molecule has 0 aliphatic carbocycles. The Labute approximate surface area is 106 Å². The first-order chi connectivity index (χ1) is 8.71. The molecule has 1 rings (SSSR count). The van der Waals surface area contributed by atoms with Crippen LogP contribution in [0.5, 0.6) is 11.5 Å². The molecule has 0 bridgehead atoms. The van der Waals surface area contributed by atoms with Crippen molar-refractivity contribution in [3.8, 4) is 17.6 Å². The van der Waals surface area contributed by atoms with E-state index >= 15 is 0 Å². The number of aliphatic hydroxyl groups is 1. The molecule has 1 atom stereocenters. The molecule has 0 saturated heterocycles. The van der Waals surface area contributed by atoms with Gasteiger partial charge in [0.2, 0.25) is 0 Å². The van der Waals surface area contributed by atoms with Gasteiger partial charge in [-0.1, -0.05) is 25.3 Å². The fraction of sp³-hybridized carbons (Fsp3) is 0.214. The molecule has 0 unspecified atom stereocenters. The summed E-state index contributed by atoms with van der Waals surface area (Å²) in [5, 5.41) is 18.2. The summed E-state index contributed by atoms with van der Waals surface area (Å²) < 4.78 is 10.7. The SMILES string of the molecule is C=CCOc1cc(OCC=C)cc([C@@H](O)C#N)c1. The van der Waals surface area contributed by atoms with Gasteiger partial charge in [-0.25, -0.2) is 0 Å². The van der Waals surface area contributed by atoms with Gasteiger partial charge >= 0.3 is 0 Å². The first-order valence-electron chi connectivity index (χ1n) is 5.41. The third-order valence-corrected chi connectivity index (χ3v) is 2.08. The summed E-state index contributed by atoms with van der Waals surface area (Å²) in [5.41, 5.74) is 0.429. The van der Waals surface area contributed by atoms with Crippen molar-refractivity contribution in [3.05, 3.63) is 49.1 Å². The van der Waals surface area contributed by atoms with Crippen molar-refractivity contribution in [1.29, 1.82) is 5.26 Å². The summed E-state index contributed by atoms with van der Waals surface area (Å²) in [6.07, 6.45) is 2.01. The molecule has 0 fully saturated rings. The largest absolute Gasteiger partial charge is 0.489 e. The van der Waals surface area contributed by atoms with Crippen LogP contribution in [0.25, 0.3) is 0 Å². The lowest BCUT2D eigenvalue weighted by molar-refractivity contribution is 0.234. The maximum absolute atomic E-state index is 9.52. The van der Waals surface area contributed by atoms with Crippen LogP contribution in [0.15, 0.2) is 43.5 Å². The summed E-state index contributed by atoms with van der Waals surface area (Å²) in [7, 11) is 0. The summed E-state index contributed by atoms with van der Waals surface area (Å²) in [5.74, 6) is 1.03. The molecule has 0 aliphatic heterocycles. The molecular weight excluding hydrogens is 230 g/mol. The van der Waals surface area contributed by atoms with E-state index in [1.165, 1.54) is 0 Å². The molecule has 1 aromatic rings. The Balaban J connectivity index is 2.99. The lowest BCUT2D eigenvalue weighted by atomic mass is 10.1. The maximum Gasteiger partial charge on any atom is 0.166 e. The van der Waals surface area contributed by atoms with Gasteiger partial charge < -0.3 is 14.6 Å². The second-order valence-corrected chi connectivity index (χ2v) is 3.47. The highest BCUT2D eigenvalue weighted by atomic mass is 16.5. The van der Waals surface area contributed by atoms with Gasteiger partial charge in [0.25, 0.3) is 0 Å². The minimum Gasteiger partial charge on any atom is -0.489 e. The van der Waals surface area contributed by atoms with Crippen LogP contribution in [0.4, 0.5) is 0 Å². The van der Waals surface area contributed by atoms with E-state index in [1.54, 1.807) is 36.4 Å². The number of hydrogen-bond donors (Lipinski definition) is 1. The molecular formula is C14H15NO3. The number of aliphatic hydroxyl groups excluding tert-OH is 1. The van der Waals surface area contributed by atoms with E-state index in [0.29, 0.717) is 30.3 Å². The van der Waals surface area contributed by atoms with E-state index in [2.05, 4.69) is 13.2 Å². The Bertz CT molecular complexity index is 432. The third kappa shape index (κ3) is 3.96. The van der Waals surface area contributed by atoms with Crippen molar-refractivity contribution in [2.45, 2.75) is 6.10 Å². The topological polar surface area (TPSA) is 62.5 Å². The molecule has 4 heteroatoms. The molecule has 1 aromatic carbocycles. The highest BCUT2D eigenvalue weighted by Crippen LogP contribution is 2.26. The highest BCUT2D eigenvalue weighted by molar-refractivity contribution is 5.40. The Morgan fingerprint density at radius 3 is 2.06 bits per heavy atom. The molecule has 0 saturated carbocycles. The monoisotopic (exact) mass is 245 g/mol. The predicted molar refractivity (Wildman–Crippen MR) is 68.4 cm³/mol. The zero-order chi connectivity index (χ0) is 13.4. The van der Waals surface area contributed by atoms with E-state index in [9.17, 15) is 5.11 Å². The summed E-state index contributed by atoms with van der Waals surface area (Å²) in [6.45, 7) is 7.78.